The van der Waals surface area contributed by atoms with Crippen LogP contribution in [0.2, 0.25) is 0 Å². The number of hydrogen-bond acceptors (Lipinski definition) is 2. The van der Waals surface area contributed by atoms with Crippen LogP contribution in [0.5, 0.6) is 5.75 Å². The summed E-state index contributed by atoms with van der Waals surface area (Å²) in [5, 5.41) is 9.90. The molecular formula is C14H21NO2. The van der Waals surface area contributed by atoms with Crippen molar-refractivity contribution >= 4 is 5.91 Å². The maximum atomic E-state index is 12.3. The molecular weight excluding hydrogens is 214 g/mol. The van der Waals surface area contributed by atoms with Crippen molar-refractivity contribution < 1.29 is 9.90 Å². The van der Waals surface area contributed by atoms with Crippen LogP contribution in [0.4, 0.5) is 0 Å². The molecule has 0 atom stereocenters. The van der Waals surface area contributed by atoms with Crippen molar-refractivity contribution in [3.63, 3.8) is 0 Å². The minimum Gasteiger partial charge on any atom is -0.507 e. The van der Waals surface area contributed by atoms with Crippen LogP contribution in [0.3, 0.4) is 0 Å². The summed E-state index contributed by atoms with van der Waals surface area (Å²) in [6.45, 7) is 9.27. The number of aromatic hydroxyl groups is 1. The standard InChI is InChI=1S/C14H21NO2/c1-5-15(9-10(2)3)14(17)12-8-6-7-11(4)13(12)16/h6-8,10,16H,5,9H2,1-4H3. The third-order valence-corrected chi connectivity index (χ3v) is 2.72. The van der Waals surface area contributed by atoms with Crippen LogP contribution in [-0.4, -0.2) is 29.0 Å². The molecule has 0 aromatic heterocycles. The third kappa shape index (κ3) is 3.22. The molecule has 0 unspecified atom stereocenters. The molecule has 1 N–H and O–H groups in total. The predicted molar refractivity (Wildman–Crippen MR) is 69.3 cm³/mol. The van der Waals surface area contributed by atoms with Gasteiger partial charge in [-0.25, -0.2) is 0 Å². The van der Waals surface area contributed by atoms with Crippen LogP contribution >= 0.6 is 0 Å². The predicted octanol–water partition coefficient (Wildman–Crippen LogP) is 2.82. The minimum absolute atomic E-state index is 0.0950. The molecule has 0 spiro atoms. The van der Waals surface area contributed by atoms with Gasteiger partial charge in [0.15, 0.2) is 0 Å². The number of rotatable bonds is 4. The van der Waals surface area contributed by atoms with Crippen LogP contribution in [0.1, 0.15) is 36.7 Å². The highest BCUT2D eigenvalue weighted by molar-refractivity contribution is 5.97. The maximum Gasteiger partial charge on any atom is 0.257 e. The Morgan fingerprint density at radius 2 is 2.06 bits per heavy atom. The van der Waals surface area contributed by atoms with Crippen LogP contribution in [0, 0.1) is 12.8 Å². The van der Waals surface area contributed by atoms with Crippen molar-refractivity contribution in [1.82, 2.24) is 4.90 Å². The van der Waals surface area contributed by atoms with Gasteiger partial charge < -0.3 is 10.0 Å². The molecule has 1 amide bonds. The van der Waals surface area contributed by atoms with Crippen LogP contribution in [0.15, 0.2) is 18.2 Å². The van der Waals surface area contributed by atoms with Gasteiger partial charge in [0.25, 0.3) is 5.91 Å². The summed E-state index contributed by atoms with van der Waals surface area (Å²) in [5.74, 6) is 0.424. The van der Waals surface area contributed by atoms with Crippen LogP contribution in [0.25, 0.3) is 0 Å². The normalized spacial score (nSPS) is 10.6. The van der Waals surface area contributed by atoms with Gasteiger partial charge in [-0.15, -0.1) is 0 Å². The summed E-state index contributed by atoms with van der Waals surface area (Å²) in [7, 11) is 0. The summed E-state index contributed by atoms with van der Waals surface area (Å²) >= 11 is 0. The fraction of sp³-hybridized carbons (Fsp3) is 0.500. The van der Waals surface area contributed by atoms with Gasteiger partial charge in [0.1, 0.15) is 5.75 Å². The molecule has 1 aromatic carbocycles. The molecule has 0 saturated carbocycles. The highest BCUT2D eigenvalue weighted by Crippen LogP contribution is 2.23. The molecule has 1 rings (SSSR count). The van der Waals surface area contributed by atoms with Crippen LogP contribution < -0.4 is 0 Å². The van der Waals surface area contributed by atoms with Crippen molar-refractivity contribution in [1.29, 1.82) is 0 Å². The first-order valence-electron chi connectivity index (χ1n) is 6.05. The van der Waals surface area contributed by atoms with Gasteiger partial charge in [-0.2, -0.15) is 0 Å². The second kappa shape index (κ2) is 5.71. The van der Waals surface area contributed by atoms with Crippen LogP contribution in [-0.2, 0) is 0 Å². The molecule has 17 heavy (non-hydrogen) atoms. The molecule has 94 valence electrons. The first-order chi connectivity index (χ1) is 7.97. The zero-order chi connectivity index (χ0) is 13.0. The fourth-order valence-corrected chi connectivity index (χ4v) is 1.80. The summed E-state index contributed by atoms with van der Waals surface area (Å²) < 4.78 is 0. The zero-order valence-electron chi connectivity index (χ0n) is 11.0. The van der Waals surface area contributed by atoms with Gasteiger partial charge in [0, 0.05) is 13.1 Å². The largest absolute Gasteiger partial charge is 0.507 e. The Labute approximate surface area is 103 Å². The smallest absolute Gasteiger partial charge is 0.257 e. The molecule has 1 aromatic rings. The molecule has 0 heterocycles. The Hall–Kier alpha value is -1.51. The SMILES string of the molecule is CCN(CC(C)C)C(=O)c1cccc(C)c1O. The molecule has 0 fully saturated rings. The highest BCUT2D eigenvalue weighted by Gasteiger charge is 2.18. The summed E-state index contributed by atoms with van der Waals surface area (Å²) in [4.78, 5) is 14.0. The molecule has 0 aliphatic heterocycles. The van der Waals surface area contributed by atoms with Crippen molar-refractivity contribution in [2.45, 2.75) is 27.7 Å². The van der Waals surface area contributed by atoms with E-state index in [1.54, 1.807) is 30.0 Å². The molecule has 0 aliphatic carbocycles. The molecule has 0 aliphatic rings. The second-order valence-electron chi connectivity index (χ2n) is 4.71. The number of phenols is 1. The quantitative estimate of drug-likeness (QED) is 0.871. The van der Waals surface area contributed by atoms with E-state index in [2.05, 4.69) is 13.8 Å². The first-order valence-corrected chi connectivity index (χ1v) is 6.05. The summed E-state index contributed by atoms with van der Waals surface area (Å²) in [5.41, 5.74) is 1.13. The average Bonchev–Trinajstić information content (AvgIpc) is 2.28. The Morgan fingerprint density at radius 3 is 2.59 bits per heavy atom. The Bertz CT molecular complexity index is 399. The molecule has 0 bridgehead atoms. The number of carbonyl (C=O) groups is 1. The van der Waals surface area contributed by atoms with E-state index in [1.165, 1.54) is 0 Å². The van der Waals surface area contributed by atoms with E-state index >= 15 is 0 Å². The number of nitrogens with zero attached hydrogens (tertiary/aromatic N) is 1. The van der Waals surface area contributed by atoms with E-state index in [0.29, 0.717) is 24.6 Å². The fourth-order valence-electron chi connectivity index (χ4n) is 1.80. The number of hydrogen-bond donors (Lipinski definition) is 1. The molecule has 0 saturated heterocycles. The molecule has 0 radical (unpaired) electrons. The first kappa shape index (κ1) is 13.6. The lowest BCUT2D eigenvalue weighted by Crippen LogP contribution is -2.34. The van der Waals surface area contributed by atoms with Crippen molar-refractivity contribution in [3.05, 3.63) is 29.3 Å². The average molecular weight is 235 g/mol. The number of phenolic OH excluding ortho intramolecular Hbond substituents is 1. The Kier molecular flexibility index (Phi) is 4.55. The Morgan fingerprint density at radius 1 is 1.41 bits per heavy atom. The summed E-state index contributed by atoms with van der Waals surface area (Å²) in [6.07, 6.45) is 0. The number of benzene rings is 1. The summed E-state index contributed by atoms with van der Waals surface area (Å²) in [6, 6.07) is 5.27. The van der Waals surface area contributed by atoms with Gasteiger partial charge >= 0.3 is 0 Å². The second-order valence-corrected chi connectivity index (χ2v) is 4.71. The van der Waals surface area contributed by atoms with Gasteiger partial charge in [0.2, 0.25) is 0 Å². The van der Waals surface area contributed by atoms with Gasteiger partial charge in [-0.05, 0) is 31.4 Å². The maximum absolute atomic E-state index is 12.3. The van der Waals surface area contributed by atoms with E-state index in [1.807, 2.05) is 6.92 Å². The topological polar surface area (TPSA) is 40.5 Å². The van der Waals surface area contributed by atoms with Gasteiger partial charge in [-0.3, -0.25) is 4.79 Å². The van der Waals surface area contributed by atoms with Gasteiger partial charge in [0.05, 0.1) is 5.56 Å². The minimum atomic E-state index is -0.0950. The highest BCUT2D eigenvalue weighted by atomic mass is 16.3. The Balaban J connectivity index is 2.98. The lowest BCUT2D eigenvalue weighted by molar-refractivity contribution is 0.0742. The van der Waals surface area contributed by atoms with Crippen molar-refractivity contribution in [2.75, 3.05) is 13.1 Å². The monoisotopic (exact) mass is 235 g/mol. The van der Waals surface area contributed by atoms with E-state index in [9.17, 15) is 9.90 Å². The zero-order valence-corrected chi connectivity index (χ0v) is 11.0. The van der Waals surface area contributed by atoms with E-state index in [-0.39, 0.29) is 11.7 Å². The number of aryl methyl sites for hydroxylation is 1. The third-order valence-electron chi connectivity index (χ3n) is 2.72. The van der Waals surface area contributed by atoms with Gasteiger partial charge in [-0.1, -0.05) is 26.0 Å². The molecule has 3 heteroatoms. The van der Waals surface area contributed by atoms with E-state index in [4.69, 9.17) is 0 Å². The number of para-hydroxylation sites is 1. The lowest BCUT2D eigenvalue weighted by atomic mass is 10.1. The molecule has 3 nitrogen and oxygen atoms in total. The number of carbonyl (C=O) groups excluding carboxylic acids is 1. The lowest BCUT2D eigenvalue weighted by Gasteiger charge is -2.23. The van der Waals surface area contributed by atoms with E-state index < -0.39 is 0 Å². The number of amides is 1. The van der Waals surface area contributed by atoms with Crippen molar-refractivity contribution in [2.24, 2.45) is 5.92 Å². The van der Waals surface area contributed by atoms with Crippen molar-refractivity contribution in [3.8, 4) is 5.75 Å². The van der Waals surface area contributed by atoms with E-state index in [0.717, 1.165) is 5.56 Å².